The van der Waals surface area contributed by atoms with Gasteiger partial charge in [0.2, 0.25) is 0 Å². The first-order valence-electron chi connectivity index (χ1n) is 8.63. The zero-order valence-corrected chi connectivity index (χ0v) is 12.7. The lowest BCUT2D eigenvalue weighted by molar-refractivity contribution is -0.0889. The molecule has 0 amide bonds. The molecule has 4 aliphatic rings. The predicted molar refractivity (Wildman–Crippen MR) is 79.1 cm³/mol. The maximum Gasteiger partial charge on any atom is 0.0224 e. The summed E-state index contributed by atoms with van der Waals surface area (Å²) in [6.07, 6.45) is 10.3. The third-order valence-electron chi connectivity index (χ3n) is 7.01. The Bertz CT molecular complexity index is 347. The van der Waals surface area contributed by atoms with E-state index in [9.17, 15) is 0 Å². The van der Waals surface area contributed by atoms with Crippen LogP contribution in [0.15, 0.2) is 0 Å². The molecule has 6 atom stereocenters. The summed E-state index contributed by atoms with van der Waals surface area (Å²) in [5.41, 5.74) is 0.524. The summed E-state index contributed by atoms with van der Waals surface area (Å²) < 4.78 is 0. The van der Waals surface area contributed by atoms with E-state index in [0.717, 1.165) is 29.7 Å². The summed E-state index contributed by atoms with van der Waals surface area (Å²) >= 11 is 0. The number of hydrogen-bond donors (Lipinski definition) is 1. The van der Waals surface area contributed by atoms with E-state index in [1.165, 1.54) is 58.0 Å². The lowest BCUT2D eigenvalue weighted by Crippen LogP contribution is -2.67. The molecule has 0 aromatic rings. The van der Waals surface area contributed by atoms with Gasteiger partial charge in [0.25, 0.3) is 0 Å². The Morgan fingerprint density at radius 2 is 2.05 bits per heavy atom. The molecular weight excluding hydrogens is 232 g/mol. The van der Waals surface area contributed by atoms with Crippen LogP contribution >= 0.6 is 0 Å². The second kappa shape index (κ2) is 4.46. The molecule has 4 fully saturated rings. The Hall–Kier alpha value is -0.0800. The number of hydrogen-bond acceptors (Lipinski definition) is 2. The third-order valence-corrected chi connectivity index (χ3v) is 7.01. The van der Waals surface area contributed by atoms with Gasteiger partial charge in [-0.05, 0) is 75.8 Å². The summed E-state index contributed by atoms with van der Waals surface area (Å²) in [4.78, 5) is 2.73. The summed E-state index contributed by atoms with van der Waals surface area (Å²) in [5.74, 6) is 3.92. The normalized spacial score (nSPS) is 54.3. The van der Waals surface area contributed by atoms with Gasteiger partial charge in [0.15, 0.2) is 0 Å². The lowest BCUT2D eigenvalue weighted by atomic mass is 9.53. The molecule has 19 heavy (non-hydrogen) atoms. The molecule has 2 nitrogen and oxygen atoms in total. The molecule has 0 aromatic carbocycles. The molecular formula is C17H30N2. The van der Waals surface area contributed by atoms with Gasteiger partial charge in [0.1, 0.15) is 0 Å². The van der Waals surface area contributed by atoms with Crippen molar-refractivity contribution in [2.75, 3.05) is 20.1 Å². The molecule has 2 heteroatoms. The number of fused-ring (bicyclic) bond motifs is 2. The number of nitrogens with one attached hydrogen (secondary N) is 1. The van der Waals surface area contributed by atoms with Crippen molar-refractivity contribution >= 4 is 0 Å². The lowest BCUT2D eigenvalue weighted by Gasteiger charge is -2.61. The van der Waals surface area contributed by atoms with Crippen LogP contribution in [-0.4, -0.2) is 36.6 Å². The van der Waals surface area contributed by atoms with Crippen molar-refractivity contribution in [1.29, 1.82) is 0 Å². The summed E-state index contributed by atoms with van der Waals surface area (Å²) in [5, 5.41) is 4.00. The highest BCUT2D eigenvalue weighted by Gasteiger charge is 2.54. The van der Waals surface area contributed by atoms with E-state index >= 15 is 0 Å². The van der Waals surface area contributed by atoms with Crippen LogP contribution in [0.4, 0.5) is 0 Å². The second-order valence-corrected chi connectivity index (χ2v) is 8.18. The van der Waals surface area contributed by atoms with Gasteiger partial charge < -0.3 is 10.2 Å². The van der Waals surface area contributed by atoms with Crippen LogP contribution in [0.5, 0.6) is 0 Å². The standard InChI is InChI=1S/C17H30N2/c1-12-7-13-10-17(5-3-4-6-18-17)14-9-15(13)16(8-12)19(2)11-14/h12-16,18H,3-11H2,1-2H3/t12-,13?,14-,15-,16+,17-/m1/s1. The van der Waals surface area contributed by atoms with Gasteiger partial charge in [-0.3, -0.25) is 0 Å². The Kier molecular flexibility index (Phi) is 2.97. The monoisotopic (exact) mass is 262 g/mol. The highest BCUT2D eigenvalue weighted by atomic mass is 15.2. The van der Waals surface area contributed by atoms with E-state index in [2.05, 4.69) is 24.2 Å². The molecule has 2 saturated heterocycles. The topological polar surface area (TPSA) is 15.3 Å². The van der Waals surface area contributed by atoms with Crippen LogP contribution in [0.1, 0.15) is 51.9 Å². The van der Waals surface area contributed by atoms with Crippen LogP contribution in [0, 0.1) is 23.7 Å². The molecule has 0 radical (unpaired) electrons. The quantitative estimate of drug-likeness (QED) is 0.722. The minimum Gasteiger partial charge on any atom is -0.311 e. The van der Waals surface area contributed by atoms with Gasteiger partial charge in [-0.2, -0.15) is 0 Å². The molecule has 2 heterocycles. The fourth-order valence-electron chi connectivity index (χ4n) is 6.21. The van der Waals surface area contributed by atoms with Crippen LogP contribution < -0.4 is 5.32 Å². The SMILES string of the molecule is C[C@@H]1CC2C[C@]3(CCCCN3)[C@@H]3C[C@H]2[C@H](C1)N(C)C3. The van der Waals surface area contributed by atoms with E-state index in [4.69, 9.17) is 0 Å². The molecule has 1 unspecified atom stereocenters. The smallest absolute Gasteiger partial charge is 0.0224 e. The minimum absolute atomic E-state index is 0.524. The Morgan fingerprint density at radius 3 is 2.84 bits per heavy atom. The van der Waals surface area contributed by atoms with Crippen molar-refractivity contribution in [3.8, 4) is 0 Å². The van der Waals surface area contributed by atoms with Crippen molar-refractivity contribution in [1.82, 2.24) is 10.2 Å². The minimum atomic E-state index is 0.524. The van der Waals surface area contributed by atoms with Crippen LogP contribution in [0.2, 0.25) is 0 Å². The van der Waals surface area contributed by atoms with Gasteiger partial charge >= 0.3 is 0 Å². The van der Waals surface area contributed by atoms with Crippen LogP contribution in [0.25, 0.3) is 0 Å². The molecule has 108 valence electrons. The number of likely N-dealkylation sites (tertiary alicyclic amines) is 1. The highest BCUT2D eigenvalue weighted by Crippen LogP contribution is 2.54. The van der Waals surface area contributed by atoms with Crippen molar-refractivity contribution in [2.24, 2.45) is 23.7 Å². The van der Waals surface area contributed by atoms with Gasteiger partial charge in [0, 0.05) is 18.1 Å². The van der Waals surface area contributed by atoms with E-state index in [1.807, 2.05) is 0 Å². The summed E-state index contributed by atoms with van der Waals surface area (Å²) in [7, 11) is 2.40. The maximum atomic E-state index is 4.00. The molecule has 0 aromatic heterocycles. The molecule has 2 bridgehead atoms. The summed E-state index contributed by atoms with van der Waals surface area (Å²) in [6, 6.07) is 0.908. The van der Waals surface area contributed by atoms with Gasteiger partial charge in [0.05, 0.1) is 0 Å². The molecule has 1 N–H and O–H groups in total. The Labute approximate surface area is 118 Å². The average molecular weight is 262 g/mol. The van der Waals surface area contributed by atoms with Crippen molar-refractivity contribution in [2.45, 2.75) is 63.5 Å². The number of piperidine rings is 2. The Balaban J connectivity index is 1.65. The van der Waals surface area contributed by atoms with Crippen LogP contribution in [0.3, 0.4) is 0 Å². The zero-order valence-electron chi connectivity index (χ0n) is 12.7. The molecule has 4 rings (SSSR count). The van der Waals surface area contributed by atoms with Crippen molar-refractivity contribution in [3.63, 3.8) is 0 Å². The zero-order chi connectivity index (χ0) is 13.0. The number of rotatable bonds is 0. The average Bonchev–Trinajstić information content (AvgIpc) is 2.40. The molecule has 2 saturated carbocycles. The van der Waals surface area contributed by atoms with Crippen molar-refractivity contribution < 1.29 is 0 Å². The van der Waals surface area contributed by atoms with Crippen LogP contribution in [-0.2, 0) is 0 Å². The first-order valence-corrected chi connectivity index (χ1v) is 8.63. The van der Waals surface area contributed by atoms with E-state index < -0.39 is 0 Å². The second-order valence-electron chi connectivity index (χ2n) is 8.18. The third kappa shape index (κ3) is 1.90. The van der Waals surface area contributed by atoms with E-state index in [0.29, 0.717) is 5.54 Å². The fraction of sp³-hybridized carbons (Fsp3) is 1.00. The highest BCUT2D eigenvalue weighted by molar-refractivity contribution is 5.10. The van der Waals surface area contributed by atoms with E-state index in [-0.39, 0.29) is 0 Å². The van der Waals surface area contributed by atoms with Gasteiger partial charge in [-0.15, -0.1) is 0 Å². The molecule has 1 spiro atoms. The maximum absolute atomic E-state index is 4.00. The fourth-order valence-corrected chi connectivity index (χ4v) is 6.21. The van der Waals surface area contributed by atoms with Crippen molar-refractivity contribution in [3.05, 3.63) is 0 Å². The molecule has 2 aliphatic heterocycles. The first kappa shape index (κ1) is 12.6. The first-order chi connectivity index (χ1) is 9.18. The largest absolute Gasteiger partial charge is 0.311 e. The predicted octanol–water partition coefficient (Wildman–Crippen LogP) is 2.89. The number of nitrogens with zero attached hydrogens (tertiary/aromatic N) is 1. The summed E-state index contributed by atoms with van der Waals surface area (Å²) in [6.45, 7) is 5.12. The van der Waals surface area contributed by atoms with Gasteiger partial charge in [-0.25, -0.2) is 0 Å². The van der Waals surface area contributed by atoms with Gasteiger partial charge in [-0.1, -0.05) is 13.3 Å². The van der Waals surface area contributed by atoms with E-state index in [1.54, 1.807) is 0 Å². The Morgan fingerprint density at radius 1 is 1.16 bits per heavy atom. The molecule has 2 aliphatic carbocycles.